The molecule has 0 amide bonds. The van der Waals surface area contributed by atoms with Crippen LogP contribution in [-0.4, -0.2) is 35.3 Å². The molecule has 0 spiro atoms. The Morgan fingerprint density at radius 1 is 0.838 bits per heavy atom. The minimum atomic E-state index is -3.61. The van der Waals surface area contributed by atoms with Crippen molar-refractivity contribution < 1.29 is 13.2 Å². The van der Waals surface area contributed by atoms with Gasteiger partial charge in [-0.15, -0.1) is 26.6 Å². The first-order valence-corrected chi connectivity index (χ1v) is 13.6. The van der Waals surface area contributed by atoms with Crippen LogP contribution >= 0.6 is 11.3 Å². The maximum atomic E-state index is 12.5. The van der Waals surface area contributed by atoms with E-state index >= 15 is 0 Å². The zero-order valence-corrected chi connectivity index (χ0v) is 21.1. The van der Waals surface area contributed by atoms with E-state index in [-0.39, 0.29) is 4.21 Å². The summed E-state index contributed by atoms with van der Waals surface area (Å²) in [4.78, 5) is 0. The molecule has 37 heavy (non-hydrogen) atoms. The number of nitrogens with one attached hydrogen (secondary N) is 2. The molecule has 0 bridgehead atoms. The summed E-state index contributed by atoms with van der Waals surface area (Å²) in [5.41, 5.74) is 2.71. The number of hydrogen-bond acceptors (Lipinski definition) is 8. The number of ether oxygens (including phenoxy) is 1. The summed E-state index contributed by atoms with van der Waals surface area (Å²) >= 11 is 1.17. The number of methoxy groups -OCH3 is 1. The summed E-state index contributed by atoms with van der Waals surface area (Å²) < 4.78 is 34.9. The van der Waals surface area contributed by atoms with Gasteiger partial charge in [-0.25, -0.2) is 8.42 Å². The van der Waals surface area contributed by atoms with Crippen molar-refractivity contribution in [1.29, 1.82) is 0 Å². The molecule has 11 heteroatoms. The predicted molar refractivity (Wildman–Crippen MR) is 145 cm³/mol. The molecule has 3 aromatic carbocycles. The number of nitrogens with zero attached hydrogens (tertiary/aromatic N) is 4. The highest BCUT2D eigenvalue weighted by Crippen LogP contribution is 2.30. The van der Waals surface area contributed by atoms with Gasteiger partial charge in [0.25, 0.3) is 10.0 Å². The zero-order valence-electron chi connectivity index (χ0n) is 19.5. The molecule has 0 aliphatic carbocycles. The fourth-order valence-electron chi connectivity index (χ4n) is 3.97. The van der Waals surface area contributed by atoms with Gasteiger partial charge in [-0.3, -0.25) is 4.72 Å². The van der Waals surface area contributed by atoms with E-state index in [2.05, 4.69) is 20.2 Å². The molecule has 3 heterocycles. The highest BCUT2D eigenvalue weighted by molar-refractivity contribution is 7.94. The van der Waals surface area contributed by atoms with E-state index in [0.29, 0.717) is 23.0 Å². The van der Waals surface area contributed by atoms with Gasteiger partial charge in [0.05, 0.1) is 7.11 Å². The summed E-state index contributed by atoms with van der Waals surface area (Å²) in [6, 6.07) is 25.7. The van der Waals surface area contributed by atoms with Gasteiger partial charge in [0.15, 0.2) is 17.3 Å². The molecule has 3 aromatic heterocycles. The molecule has 0 unspecified atom stereocenters. The fraction of sp³-hybridized carbons (Fsp3) is 0.0385. The Morgan fingerprint density at radius 2 is 1.57 bits per heavy atom. The van der Waals surface area contributed by atoms with E-state index in [0.717, 1.165) is 27.8 Å². The molecular formula is C26H20N6O3S2. The number of thiophene rings is 1. The van der Waals surface area contributed by atoms with Crippen LogP contribution in [-0.2, 0) is 10.0 Å². The average molecular weight is 529 g/mol. The number of sulfonamides is 1. The second kappa shape index (κ2) is 9.19. The largest absolute Gasteiger partial charge is 0.497 e. The number of fused-ring (bicyclic) bond motifs is 3. The Kier molecular flexibility index (Phi) is 5.70. The maximum absolute atomic E-state index is 12.5. The van der Waals surface area contributed by atoms with Crippen LogP contribution in [0.5, 0.6) is 5.75 Å². The molecule has 0 aliphatic heterocycles. The topological polar surface area (TPSA) is 111 Å². The molecule has 6 aromatic rings. The Bertz CT molecular complexity index is 1820. The summed E-state index contributed by atoms with van der Waals surface area (Å²) in [7, 11) is -1.99. The molecule has 6 rings (SSSR count). The molecule has 9 nitrogen and oxygen atoms in total. The van der Waals surface area contributed by atoms with Gasteiger partial charge in [0.2, 0.25) is 0 Å². The molecule has 0 fully saturated rings. The third-order valence-corrected chi connectivity index (χ3v) is 8.55. The minimum absolute atomic E-state index is 0.264. The molecule has 0 atom stereocenters. The van der Waals surface area contributed by atoms with Crippen LogP contribution in [0, 0.1) is 0 Å². The van der Waals surface area contributed by atoms with Crippen LogP contribution in [0.1, 0.15) is 0 Å². The van der Waals surface area contributed by atoms with Crippen LogP contribution in [0.3, 0.4) is 0 Å². The van der Waals surface area contributed by atoms with Gasteiger partial charge in [0.1, 0.15) is 9.96 Å². The van der Waals surface area contributed by atoms with E-state index in [1.807, 2.05) is 48.5 Å². The molecule has 0 radical (unpaired) electrons. The van der Waals surface area contributed by atoms with Crippen molar-refractivity contribution >= 4 is 55.0 Å². The molecule has 0 aliphatic rings. The number of hydrogen-bond donors (Lipinski definition) is 2. The first-order chi connectivity index (χ1) is 18.0. The summed E-state index contributed by atoms with van der Waals surface area (Å²) in [6.45, 7) is 0. The second-order valence-electron chi connectivity index (χ2n) is 8.12. The van der Waals surface area contributed by atoms with Crippen LogP contribution in [0.25, 0.3) is 27.8 Å². The first-order valence-electron chi connectivity index (χ1n) is 11.2. The standard InChI is InChI=1S/C26H20N6O3S2/c1-35-20-14-8-17(9-15-20)25-28-29-26-22-6-3-2-5-21(22)24(30-32(25)26)27-18-10-12-19(13-11-18)31-37(33,34)23-7-4-16-36-23/h2-16,31H,1H3,(H,27,30). The van der Waals surface area contributed by atoms with Crippen molar-refractivity contribution in [3.05, 3.63) is 90.3 Å². The van der Waals surface area contributed by atoms with Crippen molar-refractivity contribution in [3.8, 4) is 17.1 Å². The monoisotopic (exact) mass is 528 g/mol. The van der Waals surface area contributed by atoms with Crippen molar-refractivity contribution in [2.75, 3.05) is 17.1 Å². The number of benzene rings is 3. The van der Waals surface area contributed by atoms with Gasteiger partial charge in [-0.1, -0.05) is 30.3 Å². The number of anilines is 3. The van der Waals surface area contributed by atoms with Crippen LogP contribution < -0.4 is 14.8 Å². The molecule has 2 N–H and O–H groups in total. The van der Waals surface area contributed by atoms with E-state index in [4.69, 9.17) is 9.84 Å². The van der Waals surface area contributed by atoms with Crippen molar-refractivity contribution in [3.63, 3.8) is 0 Å². The minimum Gasteiger partial charge on any atom is -0.497 e. The summed E-state index contributed by atoms with van der Waals surface area (Å²) in [5, 5.41) is 20.5. The number of rotatable bonds is 7. The smallest absolute Gasteiger partial charge is 0.271 e. The highest BCUT2D eigenvalue weighted by atomic mass is 32.2. The quantitative estimate of drug-likeness (QED) is 0.279. The lowest BCUT2D eigenvalue weighted by molar-refractivity contribution is 0.415. The highest BCUT2D eigenvalue weighted by Gasteiger charge is 2.17. The van der Waals surface area contributed by atoms with Crippen LogP contribution in [0.2, 0.25) is 0 Å². The van der Waals surface area contributed by atoms with Gasteiger partial charge in [-0.2, -0.15) is 4.52 Å². The van der Waals surface area contributed by atoms with E-state index < -0.39 is 10.0 Å². The fourth-order valence-corrected chi connectivity index (χ4v) is 6.02. The predicted octanol–water partition coefficient (Wildman–Crippen LogP) is 5.56. The molecule has 184 valence electrons. The Hall–Kier alpha value is -4.48. The Labute approximate surface area is 216 Å². The molecule has 0 saturated carbocycles. The van der Waals surface area contributed by atoms with Crippen molar-refractivity contribution in [2.45, 2.75) is 4.21 Å². The van der Waals surface area contributed by atoms with Crippen LogP contribution in [0.4, 0.5) is 17.2 Å². The van der Waals surface area contributed by atoms with Crippen molar-refractivity contribution in [2.24, 2.45) is 0 Å². The van der Waals surface area contributed by atoms with Crippen molar-refractivity contribution in [1.82, 2.24) is 19.8 Å². The molecule has 0 saturated heterocycles. The third-order valence-electron chi connectivity index (χ3n) is 5.77. The normalized spacial score (nSPS) is 11.6. The van der Waals surface area contributed by atoms with Gasteiger partial charge in [0, 0.05) is 27.7 Å². The van der Waals surface area contributed by atoms with E-state index in [1.54, 1.807) is 53.4 Å². The summed E-state index contributed by atoms with van der Waals surface area (Å²) in [5.74, 6) is 1.97. The van der Waals surface area contributed by atoms with E-state index in [1.165, 1.54) is 11.3 Å². The summed E-state index contributed by atoms with van der Waals surface area (Å²) in [6.07, 6.45) is 0. The maximum Gasteiger partial charge on any atom is 0.271 e. The van der Waals surface area contributed by atoms with Crippen LogP contribution in [0.15, 0.2) is 94.5 Å². The lowest BCUT2D eigenvalue weighted by Gasteiger charge is -2.12. The van der Waals surface area contributed by atoms with Gasteiger partial charge >= 0.3 is 0 Å². The first kappa shape index (κ1) is 23.0. The molecular weight excluding hydrogens is 508 g/mol. The Balaban J connectivity index is 1.35. The zero-order chi connectivity index (χ0) is 25.4. The number of aromatic nitrogens is 4. The third kappa shape index (κ3) is 4.34. The average Bonchev–Trinajstić information content (AvgIpc) is 3.61. The van der Waals surface area contributed by atoms with Gasteiger partial charge < -0.3 is 10.1 Å². The second-order valence-corrected chi connectivity index (χ2v) is 11.0. The van der Waals surface area contributed by atoms with E-state index in [9.17, 15) is 8.42 Å². The Morgan fingerprint density at radius 3 is 2.27 bits per heavy atom. The lowest BCUT2D eigenvalue weighted by atomic mass is 10.1. The lowest BCUT2D eigenvalue weighted by Crippen LogP contribution is -2.11. The van der Waals surface area contributed by atoms with Gasteiger partial charge in [-0.05, 0) is 60.0 Å². The SMILES string of the molecule is COc1ccc(-c2nnc3c4ccccc4c(Nc4ccc(NS(=O)(=O)c5cccs5)cc4)nn23)cc1.